The maximum atomic E-state index is 12.5. The van der Waals surface area contributed by atoms with Crippen molar-refractivity contribution in [2.45, 2.75) is 13.5 Å². The van der Waals surface area contributed by atoms with Gasteiger partial charge in [0.05, 0.1) is 18.9 Å². The Morgan fingerprint density at radius 2 is 2.20 bits per heavy atom. The minimum atomic E-state index is -0.455. The van der Waals surface area contributed by atoms with Gasteiger partial charge in [0.15, 0.2) is 5.13 Å². The molecular formula is C16H18N4O4S. The van der Waals surface area contributed by atoms with Gasteiger partial charge >= 0.3 is 5.97 Å². The molecule has 0 bridgehead atoms. The number of ether oxygens (including phenoxy) is 2. The summed E-state index contributed by atoms with van der Waals surface area (Å²) in [6.07, 6.45) is 1.65. The monoisotopic (exact) mass is 362 g/mol. The average molecular weight is 362 g/mol. The number of hydrogen-bond donors (Lipinski definition) is 1. The lowest BCUT2D eigenvalue weighted by Gasteiger charge is -2.28. The number of morpholine rings is 1. The molecule has 132 valence electrons. The largest absolute Gasteiger partial charge is 0.455 e. The molecule has 3 heterocycles. The average Bonchev–Trinajstić information content (AvgIpc) is 3.07. The molecule has 1 fully saturated rings. The van der Waals surface area contributed by atoms with Gasteiger partial charge in [-0.25, -0.2) is 14.8 Å². The second kappa shape index (κ2) is 8.04. The molecule has 25 heavy (non-hydrogen) atoms. The number of amides is 1. The molecule has 0 atom stereocenters. The van der Waals surface area contributed by atoms with Crippen LogP contribution in [0, 0.1) is 0 Å². The van der Waals surface area contributed by atoms with Crippen molar-refractivity contribution in [1.82, 2.24) is 9.97 Å². The molecule has 9 heteroatoms. The molecule has 1 amide bonds. The van der Waals surface area contributed by atoms with Gasteiger partial charge in [-0.1, -0.05) is 0 Å². The van der Waals surface area contributed by atoms with Gasteiger partial charge in [0.1, 0.15) is 18.0 Å². The van der Waals surface area contributed by atoms with E-state index in [9.17, 15) is 9.59 Å². The SMILES string of the molecule is CC(=O)Nc1nc(COC(=O)c2cccnc2N2CCOCC2)cs1. The van der Waals surface area contributed by atoms with Crippen LogP contribution in [0.1, 0.15) is 23.0 Å². The van der Waals surface area contributed by atoms with Crippen molar-refractivity contribution in [3.8, 4) is 0 Å². The van der Waals surface area contributed by atoms with Gasteiger partial charge in [-0.15, -0.1) is 11.3 Å². The Morgan fingerprint density at radius 3 is 2.96 bits per heavy atom. The van der Waals surface area contributed by atoms with Gasteiger partial charge in [0.25, 0.3) is 0 Å². The Labute approximate surface area is 148 Å². The highest BCUT2D eigenvalue weighted by Gasteiger charge is 2.21. The molecule has 1 aliphatic rings. The summed E-state index contributed by atoms with van der Waals surface area (Å²) in [5, 5.41) is 4.82. The number of carbonyl (C=O) groups excluding carboxylic acids is 2. The van der Waals surface area contributed by atoms with Crippen molar-refractivity contribution in [2.24, 2.45) is 0 Å². The van der Waals surface area contributed by atoms with Gasteiger partial charge in [-0.3, -0.25) is 4.79 Å². The van der Waals surface area contributed by atoms with Gasteiger partial charge < -0.3 is 19.7 Å². The molecule has 3 rings (SSSR count). The van der Waals surface area contributed by atoms with Gasteiger partial charge in [-0.05, 0) is 12.1 Å². The number of nitrogens with one attached hydrogen (secondary N) is 1. The molecule has 0 spiro atoms. The molecular weight excluding hydrogens is 344 g/mol. The molecule has 0 saturated carbocycles. The van der Waals surface area contributed by atoms with Crippen LogP contribution in [0.5, 0.6) is 0 Å². The summed E-state index contributed by atoms with van der Waals surface area (Å²) in [6, 6.07) is 3.40. The van der Waals surface area contributed by atoms with Crippen LogP contribution < -0.4 is 10.2 Å². The van der Waals surface area contributed by atoms with Crippen molar-refractivity contribution in [3.63, 3.8) is 0 Å². The summed E-state index contributed by atoms with van der Waals surface area (Å²) >= 11 is 1.28. The van der Waals surface area contributed by atoms with E-state index in [0.717, 1.165) is 0 Å². The highest BCUT2D eigenvalue weighted by atomic mass is 32.1. The quantitative estimate of drug-likeness (QED) is 0.809. The number of esters is 1. The Hall–Kier alpha value is -2.52. The fraction of sp³-hybridized carbons (Fsp3) is 0.375. The number of aromatic nitrogens is 2. The van der Waals surface area contributed by atoms with Crippen molar-refractivity contribution >= 4 is 34.2 Å². The van der Waals surface area contributed by atoms with Crippen LogP contribution in [0.3, 0.4) is 0 Å². The number of rotatable bonds is 5. The first-order valence-corrected chi connectivity index (χ1v) is 8.68. The second-order valence-corrected chi connectivity index (χ2v) is 6.23. The number of pyridine rings is 1. The number of thiazole rings is 1. The van der Waals surface area contributed by atoms with Crippen LogP contribution in [0.4, 0.5) is 10.9 Å². The molecule has 1 N–H and O–H groups in total. The van der Waals surface area contributed by atoms with Crippen molar-refractivity contribution < 1.29 is 19.1 Å². The van der Waals surface area contributed by atoms with E-state index in [0.29, 0.717) is 48.5 Å². The van der Waals surface area contributed by atoms with E-state index in [-0.39, 0.29) is 12.5 Å². The fourth-order valence-electron chi connectivity index (χ4n) is 2.38. The predicted molar refractivity (Wildman–Crippen MR) is 92.8 cm³/mol. The lowest BCUT2D eigenvalue weighted by atomic mass is 10.2. The van der Waals surface area contributed by atoms with Crippen molar-refractivity contribution in [3.05, 3.63) is 35.0 Å². The van der Waals surface area contributed by atoms with E-state index < -0.39 is 5.97 Å². The molecule has 0 aliphatic carbocycles. The molecule has 0 radical (unpaired) electrons. The zero-order valence-corrected chi connectivity index (χ0v) is 14.5. The second-order valence-electron chi connectivity index (χ2n) is 5.38. The van der Waals surface area contributed by atoms with Gasteiger partial charge in [0.2, 0.25) is 5.91 Å². The van der Waals surface area contributed by atoms with Crippen LogP contribution in [0.15, 0.2) is 23.7 Å². The van der Waals surface area contributed by atoms with Crippen LogP contribution in [0.25, 0.3) is 0 Å². The minimum Gasteiger partial charge on any atom is -0.455 e. The van der Waals surface area contributed by atoms with Crippen LogP contribution in [-0.2, 0) is 20.9 Å². The molecule has 2 aromatic heterocycles. The summed E-state index contributed by atoms with van der Waals surface area (Å²) in [4.78, 5) is 34.0. The van der Waals surface area contributed by atoms with E-state index in [1.165, 1.54) is 18.3 Å². The Bertz CT molecular complexity index is 758. The lowest BCUT2D eigenvalue weighted by Crippen LogP contribution is -2.37. The predicted octanol–water partition coefficient (Wildman–Crippen LogP) is 1.69. The minimum absolute atomic E-state index is 0.0341. The van der Waals surface area contributed by atoms with Crippen molar-refractivity contribution in [2.75, 3.05) is 36.5 Å². The van der Waals surface area contributed by atoms with Crippen LogP contribution >= 0.6 is 11.3 Å². The Morgan fingerprint density at radius 1 is 1.40 bits per heavy atom. The maximum absolute atomic E-state index is 12.5. The summed E-state index contributed by atoms with van der Waals surface area (Å²) in [5.74, 6) is -0.0416. The highest BCUT2D eigenvalue weighted by molar-refractivity contribution is 7.13. The smallest absolute Gasteiger partial charge is 0.342 e. The highest BCUT2D eigenvalue weighted by Crippen LogP contribution is 2.21. The molecule has 2 aromatic rings. The van der Waals surface area contributed by atoms with Crippen LogP contribution in [0.2, 0.25) is 0 Å². The number of nitrogens with zero attached hydrogens (tertiary/aromatic N) is 3. The maximum Gasteiger partial charge on any atom is 0.342 e. The van der Waals surface area contributed by atoms with E-state index in [1.54, 1.807) is 23.7 Å². The third kappa shape index (κ3) is 4.52. The molecule has 0 aromatic carbocycles. The zero-order chi connectivity index (χ0) is 17.6. The Kier molecular flexibility index (Phi) is 5.56. The third-order valence-electron chi connectivity index (χ3n) is 3.50. The fourth-order valence-corrected chi connectivity index (χ4v) is 3.12. The zero-order valence-electron chi connectivity index (χ0n) is 13.7. The first kappa shape index (κ1) is 17.3. The topological polar surface area (TPSA) is 93.6 Å². The first-order chi connectivity index (χ1) is 12.1. The summed E-state index contributed by atoms with van der Waals surface area (Å²) < 4.78 is 10.7. The summed E-state index contributed by atoms with van der Waals surface area (Å²) in [5.41, 5.74) is 1.00. The van der Waals surface area contributed by atoms with Crippen molar-refractivity contribution in [1.29, 1.82) is 0 Å². The third-order valence-corrected chi connectivity index (χ3v) is 4.31. The normalized spacial score (nSPS) is 14.2. The number of carbonyl (C=O) groups is 2. The molecule has 8 nitrogen and oxygen atoms in total. The van der Waals surface area contributed by atoms with E-state index in [1.807, 2.05) is 4.90 Å². The van der Waals surface area contributed by atoms with E-state index in [2.05, 4.69) is 15.3 Å². The van der Waals surface area contributed by atoms with E-state index in [4.69, 9.17) is 9.47 Å². The molecule has 1 aliphatic heterocycles. The number of hydrogen-bond acceptors (Lipinski definition) is 8. The summed E-state index contributed by atoms with van der Waals surface area (Å²) in [6.45, 7) is 4.03. The summed E-state index contributed by atoms with van der Waals surface area (Å²) in [7, 11) is 0. The van der Waals surface area contributed by atoms with Crippen LogP contribution in [-0.4, -0.2) is 48.1 Å². The van der Waals surface area contributed by atoms with Gasteiger partial charge in [0, 0.05) is 31.6 Å². The lowest BCUT2D eigenvalue weighted by molar-refractivity contribution is -0.114. The number of anilines is 2. The molecule has 0 unspecified atom stereocenters. The molecule has 1 saturated heterocycles. The standard InChI is InChI=1S/C16H18N4O4S/c1-11(21)18-16-19-12(10-25-16)9-24-15(22)13-3-2-4-17-14(13)20-5-7-23-8-6-20/h2-4,10H,5-9H2,1H3,(H,18,19,21). The van der Waals surface area contributed by atoms with E-state index >= 15 is 0 Å². The Balaban J connectivity index is 1.65. The first-order valence-electron chi connectivity index (χ1n) is 7.80. The van der Waals surface area contributed by atoms with Gasteiger partial charge in [-0.2, -0.15) is 0 Å².